The molecule has 2 aliphatic heterocycles. The van der Waals surface area contributed by atoms with Crippen molar-refractivity contribution < 1.29 is 14.3 Å². The van der Waals surface area contributed by atoms with Crippen LogP contribution in [-0.4, -0.2) is 63.1 Å². The number of carbonyl (C=O) groups is 1. The summed E-state index contributed by atoms with van der Waals surface area (Å²) in [6.07, 6.45) is 1.85. The molecule has 0 aromatic heterocycles. The number of rotatable bonds is 3. The lowest BCUT2D eigenvalue weighted by Crippen LogP contribution is -2.39. The lowest BCUT2D eigenvalue weighted by molar-refractivity contribution is -0.132. The first-order chi connectivity index (χ1) is 8.29. The predicted octanol–water partition coefficient (Wildman–Crippen LogP) is -0.623. The third kappa shape index (κ3) is 3.28. The third-order valence-corrected chi connectivity index (χ3v) is 2.73. The molecule has 1 fully saturated rings. The molecular weight excluding hydrogens is 222 g/mol. The van der Waals surface area contributed by atoms with Crippen LogP contribution in [0.15, 0.2) is 16.9 Å². The van der Waals surface area contributed by atoms with Gasteiger partial charge in [0.1, 0.15) is 5.71 Å². The molecule has 1 N–H and O–H groups in total. The molecule has 2 heterocycles. The van der Waals surface area contributed by atoms with Crippen LogP contribution in [0.3, 0.4) is 0 Å². The lowest BCUT2D eigenvalue weighted by Gasteiger charge is -2.27. The summed E-state index contributed by atoms with van der Waals surface area (Å²) < 4.78 is 9.94. The standard InChI is InChI=1S/C11H17N3O3/c1-16-11(15)10-7-12-6-9(13-10)8-14-2-4-17-5-3-14/h6,12H,2-5,7-8H2,1H3. The first-order valence-corrected chi connectivity index (χ1v) is 5.68. The third-order valence-electron chi connectivity index (χ3n) is 2.73. The van der Waals surface area contributed by atoms with E-state index in [0.29, 0.717) is 12.3 Å². The summed E-state index contributed by atoms with van der Waals surface area (Å²) >= 11 is 0. The van der Waals surface area contributed by atoms with Crippen molar-refractivity contribution >= 4 is 11.7 Å². The maximum atomic E-state index is 11.4. The van der Waals surface area contributed by atoms with Crippen molar-refractivity contribution in [2.45, 2.75) is 0 Å². The van der Waals surface area contributed by atoms with Crippen LogP contribution in [0.5, 0.6) is 0 Å². The van der Waals surface area contributed by atoms with Crippen LogP contribution in [0, 0.1) is 0 Å². The van der Waals surface area contributed by atoms with Gasteiger partial charge in [0.25, 0.3) is 0 Å². The van der Waals surface area contributed by atoms with Gasteiger partial charge in [-0.1, -0.05) is 0 Å². The highest BCUT2D eigenvalue weighted by Crippen LogP contribution is 2.07. The molecule has 0 aromatic carbocycles. The number of esters is 1. The molecule has 2 aliphatic rings. The monoisotopic (exact) mass is 239 g/mol. The molecule has 6 heteroatoms. The molecular formula is C11H17N3O3. The van der Waals surface area contributed by atoms with E-state index in [1.165, 1.54) is 7.11 Å². The van der Waals surface area contributed by atoms with Crippen LogP contribution in [0.25, 0.3) is 0 Å². The normalized spacial score (nSPS) is 21.2. The molecule has 0 spiro atoms. The number of nitrogens with one attached hydrogen (secondary N) is 1. The Morgan fingerprint density at radius 2 is 2.35 bits per heavy atom. The second-order valence-electron chi connectivity index (χ2n) is 3.96. The van der Waals surface area contributed by atoms with Crippen molar-refractivity contribution in [1.29, 1.82) is 0 Å². The fourth-order valence-electron chi connectivity index (χ4n) is 1.82. The van der Waals surface area contributed by atoms with Crippen molar-refractivity contribution in [1.82, 2.24) is 10.2 Å². The molecule has 0 aliphatic carbocycles. The Labute approximate surface area is 100 Å². The predicted molar refractivity (Wildman–Crippen MR) is 62.8 cm³/mol. The Morgan fingerprint density at radius 1 is 1.59 bits per heavy atom. The van der Waals surface area contributed by atoms with Gasteiger partial charge in [-0.2, -0.15) is 0 Å². The quantitative estimate of drug-likeness (QED) is 0.665. The van der Waals surface area contributed by atoms with Gasteiger partial charge < -0.3 is 14.8 Å². The van der Waals surface area contributed by atoms with E-state index < -0.39 is 0 Å². The molecule has 94 valence electrons. The average molecular weight is 239 g/mol. The topological polar surface area (TPSA) is 63.2 Å². The molecule has 0 bridgehead atoms. The number of carbonyl (C=O) groups excluding carboxylic acids is 1. The van der Waals surface area contributed by atoms with Gasteiger partial charge in [0, 0.05) is 25.8 Å². The zero-order valence-electron chi connectivity index (χ0n) is 9.94. The summed E-state index contributed by atoms with van der Waals surface area (Å²) in [6.45, 7) is 4.49. The van der Waals surface area contributed by atoms with E-state index in [0.717, 1.165) is 38.5 Å². The van der Waals surface area contributed by atoms with Crippen molar-refractivity contribution in [3.8, 4) is 0 Å². The number of hydrogen-bond donors (Lipinski definition) is 1. The van der Waals surface area contributed by atoms with Crippen LogP contribution in [0.2, 0.25) is 0 Å². The highest BCUT2D eigenvalue weighted by Gasteiger charge is 2.17. The SMILES string of the molecule is COC(=O)C1=NC(CN2CCOCC2)=CNC1. The van der Waals surface area contributed by atoms with E-state index in [4.69, 9.17) is 4.74 Å². The summed E-state index contributed by atoms with van der Waals surface area (Å²) in [5.41, 5.74) is 1.29. The van der Waals surface area contributed by atoms with Gasteiger partial charge in [0.05, 0.1) is 32.6 Å². The summed E-state index contributed by atoms with van der Waals surface area (Å²) in [5.74, 6) is -0.370. The minimum absolute atomic E-state index is 0.370. The molecule has 0 amide bonds. The minimum atomic E-state index is -0.370. The second kappa shape index (κ2) is 5.79. The smallest absolute Gasteiger partial charge is 0.354 e. The zero-order chi connectivity index (χ0) is 12.1. The maximum absolute atomic E-state index is 11.4. The fourth-order valence-corrected chi connectivity index (χ4v) is 1.82. The van der Waals surface area contributed by atoms with E-state index in [-0.39, 0.29) is 5.97 Å². The summed E-state index contributed by atoms with van der Waals surface area (Å²) in [6, 6.07) is 0. The Bertz CT molecular complexity index is 346. The molecule has 0 saturated carbocycles. The van der Waals surface area contributed by atoms with E-state index in [1.54, 1.807) is 0 Å². The fraction of sp³-hybridized carbons (Fsp3) is 0.636. The van der Waals surface area contributed by atoms with Crippen LogP contribution < -0.4 is 5.32 Å². The molecule has 2 rings (SSSR count). The van der Waals surface area contributed by atoms with E-state index in [2.05, 4.69) is 19.9 Å². The first kappa shape index (κ1) is 12.1. The van der Waals surface area contributed by atoms with E-state index in [9.17, 15) is 4.79 Å². The largest absolute Gasteiger partial charge is 0.464 e. The van der Waals surface area contributed by atoms with Gasteiger partial charge in [0.2, 0.25) is 0 Å². The summed E-state index contributed by atoms with van der Waals surface area (Å²) in [4.78, 5) is 17.9. The van der Waals surface area contributed by atoms with Crippen LogP contribution in [-0.2, 0) is 14.3 Å². The van der Waals surface area contributed by atoms with Crippen LogP contribution in [0.1, 0.15) is 0 Å². The maximum Gasteiger partial charge on any atom is 0.354 e. The average Bonchev–Trinajstić information content (AvgIpc) is 2.39. The van der Waals surface area contributed by atoms with Gasteiger partial charge in [-0.05, 0) is 0 Å². The van der Waals surface area contributed by atoms with Crippen molar-refractivity contribution in [3.05, 3.63) is 11.9 Å². The highest BCUT2D eigenvalue weighted by molar-refractivity contribution is 6.37. The molecule has 0 unspecified atom stereocenters. The number of nitrogens with zero attached hydrogens (tertiary/aromatic N) is 2. The Hall–Kier alpha value is -1.40. The van der Waals surface area contributed by atoms with Crippen molar-refractivity contribution in [3.63, 3.8) is 0 Å². The number of methoxy groups -OCH3 is 1. The highest BCUT2D eigenvalue weighted by atomic mass is 16.5. The van der Waals surface area contributed by atoms with Gasteiger partial charge >= 0.3 is 5.97 Å². The lowest BCUT2D eigenvalue weighted by atomic mass is 10.3. The Kier molecular flexibility index (Phi) is 4.11. The number of morpholine rings is 1. The number of hydrogen-bond acceptors (Lipinski definition) is 6. The van der Waals surface area contributed by atoms with Crippen LogP contribution >= 0.6 is 0 Å². The zero-order valence-corrected chi connectivity index (χ0v) is 9.94. The molecule has 0 aromatic rings. The van der Waals surface area contributed by atoms with Crippen molar-refractivity contribution in [2.75, 3.05) is 46.5 Å². The first-order valence-electron chi connectivity index (χ1n) is 5.68. The molecule has 6 nitrogen and oxygen atoms in total. The molecule has 0 atom stereocenters. The van der Waals surface area contributed by atoms with E-state index >= 15 is 0 Å². The van der Waals surface area contributed by atoms with E-state index in [1.807, 2.05) is 6.20 Å². The van der Waals surface area contributed by atoms with Gasteiger partial charge in [-0.25, -0.2) is 9.79 Å². The second-order valence-corrected chi connectivity index (χ2v) is 3.96. The van der Waals surface area contributed by atoms with Gasteiger partial charge in [-0.15, -0.1) is 0 Å². The van der Waals surface area contributed by atoms with Gasteiger partial charge in [-0.3, -0.25) is 4.90 Å². The number of aliphatic imine (C=N–C) groups is 1. The number of ether oxygens (including phenoxy) is 2. The molecule has 17 heavy (non-hydrogen) atoms. The summed E-state index contributed by atoms with van der Waals surface area (Å²) in [7, 11) is 1.37. The molecule has 0 radical (unpaired) electrons. The Balaban J connectivity index is 1.94. The Morgan fingerprint density at radius 3 is 3.06 bits per heavy atom. The minimum Gasteiger partial charge on any atom is -0.464 e. The van der Waals surface area contributed by atoms with Crippen molar-refractivity contribution in [2.24, 2.45) is 4.99 Å². The van der Waals surface area contributed by atoms with Crippen LogP contribution in [0.4, 0.5) is 0 Å². The van der Waals surface area contributed by atoms with Gasteiger partial charge in [0.15, 0.2) is 0 Å². The summed E-state index contributed by atoms with van der Waals surface area (Å²) in [5, 5.41) is 3.04. The molecule has 1 saturated heterocycles.